The normalized spacial score (nSPS) is 14.6. The summed E-state index contributed by atoms with van der Waals surface area (Å²) < 4.78 is 2.19. The standard InChI is InChI=1S/C10H14N2S/c1-3-13-10-11-8-6-4-5-7-9(8)12(10)2/h6-7H,3-5H2,1-2H3. The second-order valence-electron chi connectivity index (χ2n) is 3.14. The lowest BCUT2D eigenvalue weighted by Crippen LogP contribution is -2.30. The molecule has 3 heteroatoms. The first-order valence-electron chi connectivity index (χ1n) is 4.69. The van der Waals surface area contributed by atoms with E-state index in [1.807, 2.05) is 11.8 Å². The van der Waals surface area contributed by atoms with Gasteiger partial charge in [0.2, 0.25) is 0 Å². The number of hydrogen-bond donors (Lipinski definition) is 0. The van der Waals surface area contributed by atoms with Crippen LogP contribution in [0.4, 0.5) is 0 Å². The predicted octanol–water partition coefficient (Wildman–Crippen LogP) is 0.887. The second-order valence-corrected chi connectivity index (χ2v) is 4.37. The van der Waals surface area contributed by atoms with Crippen molar-refractivity contribution >= 4 is 23.9 Å². The zero-order valence-corrected chi connectivity index (χ0v) is 8.90. The molecule has 0 saturated heterocycles. The summed E-state index contributed by atoms with van der Waals surface area (Å²) in [4.78, 5) is 4.58. The first kappa shape index (κ1) is 8.88. The number of nitrogens with zero attached hydrogens (tertiary/aromatic N) is 2. The third kappa shape index (κ3) is 1.53. The molecule has 1 heterocycles. The van der Waals surface area contributed by atoms with Crippen LogP contribution in [0, 0.1) is 0 Å². The topological polar surface area (TPSA) is 17.8 Å². The van der Waals surface area contributed by atoms with Gasteiger partial charge < -0.3 is 4.57 Å². The van der Waals surface area contributed by atoms with Crippen molar-refractivity contribution in [1.29, 1.82) is 0 Å². The highest BCUT2D eigenvalue weighted by molar-refractivity contribution is 7.99. The Morgan fingerprint density at radius 2 is 2.23 bits per heavy atom. The van der Waals surface area contributed by atoms with E-state index in [1.165, 1.54) is 10.7 Å². The summed E-state index contributed by atoms with van der Waals surface area (Å²) in [5.41, 5.74) is 0. The Hall–Kier alpha value is -0.700. The molecule has 0 unspecified atom stereocenters. The van der Waals surface area contributed by atoms with Gasteiger partial charge in [-0.15, -0.1) is 0 Å². The maximum Gasteiger partial charge on any atom is 0.168 e. The highest BCUT2D eigenvalue weighted by Crippen LogP contribution is 2.10. The summed E-state index contributed by atoms with van der Waals surface area (Å²) in [6, 6.07) is 0. The largest absolute Gasteiger partial charge is 0.322 e. The highest BCUT2D eigenvalue weighted by atomic mass is 32.2. The van der Waals surface area contributed by atoms with Crippen molar-refractivity contribution in [3.05, 3.63) is 10.7 Å². The fourth-order valence-corrected chi connectivity index (χ4v) is 2.31. The van der Waals surface area contributed by atoms with Crippen LogP contribution in [-0.2, 0) is 7.05 Å². The summed E-state index contributed by atoms with van der Waals surface area (Å²) in [6.07, 6.45) is 6.81. The van der Waals surface area contributed by atoms with Gasteiger partial charge in [-0.3, -0.25) is 0 Å². The summed E-state index contributed by atoms with van der Waals surface area (Å²) in [5.74, 6) is 1.09. The molecule has 1 aromatic rings. The van der Waals surface area contributed by atoms with Gasteiger partial charge in [0.25, 0.3) is 0 Å². The van der Waals surface area contributed by atoms with E-state index in [-0.39, 0.29) is 0 Å². The lowest BCUT2D eigenvalue weighted by Gasteiger charge is -1.98. The Bertz CT molecular complexity index is 417. The van der Waals surface area contributed by atoms with E-state index < -0.39 is 0 Å². The molecule has 0 fully saturated rings. The zero-order valence-electron chi connectivity index (χ0n) is 8.08. The molecule has 1 aliphatic carbocycles. The lowest BCUT2D eigenvalue weighted by atomic mass is 10.2. The molecule has 0 aromatic carbocycles. The number of thioether (sulfide) groups is 1. The molecule has 1 aliphatic rings. The second kappa shape index (κ2) is 3.58. The Balaban J connectivity index is 2.58. The average Bonchev–Trinajstić information content (AvgIpc) is 2.46. The number of fused-ring (bicyclic) bond motifs is 1. The first-order valence-corrected chi connectivity index (χ1v) is 5.67. The van der Waals surface area contributed by atoms with Crippen LogP contribution in [0.2, 0.25) is 0 Å². The quantitative estimate of drug-likeness (QED) is 0.651. The van der Waals surface area contributed by atoms with Gasteiger partial charge in [0.05, 0.1) is 10.7 Å². The molecule has 70 valence electrons. The van der Waals surface area contributed by atoms with Crippen LogP contribution >= 0.6 is 11.8 Å². The van der Waals surface area contributed by atoms with E-state index in [0.717, 1.165) is 23.8 Å². The Morgan fingerprint density at radius 1 is 1.46 bits per heavy atom. The van der Waals surface area contributed by atoms with Crippen molar-refractivity contribution in [2.75, 3.05) is 5.75 Å². The van der Waals surface area contributed by atoms with Gasteiger partial charge in [0, 0.05) is 7.05 Å². The van der Waals surface area contributed by atoms with E-state index in [0.29, 0.717) is 0 Å². The van der Waals surface area contributed by atoms with Gasteiger partial charge in [-0.25, -0.2) is 4.98 Å². The van der Waals surface area contributed by atoms with Gasteiger partial charge in [-0.05, 0) is 18.6 Å². The van der Waals surface area contributed by atoms with E-state index in [2.05, 4.69) is 35.7 Å². The summed E-state index contributed by atoms with van der Waals surface area (Å²) >= 11 is 1.81. The number of hydrogen-bond acceptors (Lipinski definition) is 2. The highest BCUT2D eigenvalue weighted by Gasteiger charge is 2.05. The van der Waals surface area contributed by atoms with Crippen molar-refractivity contribution in [1.82, 2.24) is 9.55 Å². The number of rotatable bonds is 2. The van der Waals surface area contributed by atoms with Crippen LogP contribution in [-0.4, -0.2) is 15.3 Å². The van der Waals surface area contributed by atoms with Crippen molar-refractivity contribution in [3.63, 3.8) is 0 Å². The first-order chi connectivity index (χ1) is 6.33. The van der Waals surface area contributed by atoms with Gasteiger partial charge in [-0.2, -0.15) is 0 Å². The van der Waals surface area contributed by atoms with Crippen molar-refractivity contribution in [2.24, 2.45) is 7.05 Å². The molecule has 0 N–H and O–H groups in total. The van der Waals surface area contributed by atoms with Gasteiger partial charge >= 0.3 is 0 Å². The van der Waals surface area contributed by atoms with E-state index in [1.54, 1.807) is 0 Å². The van der Waals surface area contributed by atoms with Crippen molar-refractivity contribution < 1.29 is 0 Å². The maximum absolute atomic E-state index is 4.58. The molecule has 0 radical (unpaired) electrons. The molecule has 0 aliphatic heterocycles. The molecule has 0 spiro atoms. The molecule has 0 bridgehead atoms. The van der Waals surface area contributed by atoms with Crippen LogP contribution in [0.1, 0.15) is 19.8 Å². The number of imidazole rings is 1. The van der Waals surface area contributed by atoms with Gasteiger partial charge in [0.15, 0.2) is 5.16 Å². The number of aromatic nitrogens is 2. The van der Waals surface area contributed by atoms with Crippen molar-refractivity contribution in [3.8, 4) is 0 Å². The molecule has 1 aromatic heterocycles. The van der Waals surface area contributed by atoms with E-state index in [9.17, 15) is 0 Å². The molecule has 13 heavy (non-hydrogen) atoms. The fraction of sp³-hybridized carbons (Fsp3) is 0.500. The van der Waals surface area contributed by atoms with Crippen LogP contribution in [0.25, 0.3) is 12.2 Å². The summed E-state index contributed by atoms with van der Waals surface area (Å²) in [7, 11) is 2.10. The minimum absolute atomic E-state index is 1.09. The van der Waals surface area contributed by atoms with Crippen molar-refractivity contribution in [2.45, 2.75) is 24.9 Å². The SMILES string of the molecule is CCSc1nc2c(n1C)=CCCC=2. The van der Waals surface area contributed by atoms with Crippen LogP contribution < -0.4 is 10.7 Å². The zero-order chi connectivity index (χ0) is 9.26. The molecule has 2 rings (SSSR count). The fourth-order valence-electron chi connectivity index (χ4n) is 1.60. The van der Waals surface area contributed by atoms with Crippen LogP contribution in [0.3, 0.4) is 0 Å². The third-order valence-electron chi connectivity index (χ3n) is 2.24. The molecule has 2 nitrogen and oxygen atoms in total. The summed E-state index contributed by atoms with van der Waals surface area (Å²) in [6.45, 7) is 2.16. The monoisotopic (exact) mass is 194 g/mol. The smallest absolute Gasteiger partial charge is 0.168 e. The predicted molar refractivity (Wildman–Crippen MR) is 57.0 cm³/mol. The van der Waals surface area contributed by atoms with Crippen LogP contribution in [0.5, 0.6) is 0 Å². The molecular weight excluding hydrogens is 180 g/mol. The van der Waals surface area contributed by atoms with Gasteiger partial charge in [0.1, 0.15) is 0 Å². The molecule has 0 amide bonds. The molecule has 0 atom stereocenters. The van der Waals surface area contributed by atoms with E-state index >= 15 is 0 Å². The Morgan fingerprint density at radius 3 is 2.92 bits per heavy atom. The van der Waals surface area contributed by atoms with Gasteiger partial charge in [-0.1, -0.05) is 30.8 Å². The minimum Gasteiger partial charge on any atom is -0.322 e. The third-order valence-corrected chi connectivity index (χ3v) is 3.15. The Kier molecular flexibility index (Phi) is 2.44. The molecular formula is C10H14N2S. The summed E-state index contributed by atoms with van der Waals surface area (Å²) in [5, 5.41) is 3.61. The average molecular weight is 194 g/mol. The molecule has 0 saturated carbocycles. The maximum atomic E-state index is 4.58. The van der Waals surface area contributed by atoms with Crippen LogP contribution in [0.15, 0.2) is 5.16 Å². The Labute approximate surface area is 82.4 Å². The van der Waals surface area contributed by atoms with E-state index in [4.69, 9.17) is 0 Å². The minimum atomic E-state index is 1.09. The lowest BCUT2D eigenvalue weighted by molar-refractivity contribution is 0.767.